The van der Waals surface area contributed by atoms with Gasteiger partial charge in [0.1, 0.15) is 5.75 Å². The fourth-order valence-electron chi connectivity index (χ4n) is 2.93. The Hall–Kier alpha value is -1.18. The van der Waals surface area contributed by atoms with Crippen LogP contribution in [0.4, 0.5) is 5.69 Å². The molecule has 17 heavy (non-hydrogen) atoms. The van der Waals surface area contributed by atoms with E-state index in [1.165, 1.54) is 36.2 Å². The summed E-state index contributed by atoms with van der Waals surface area (Å²) in [4.78, 5) is 2.37. The zero-order chi connectivity index (χ0) is 12.4. The molecule has 0 N–H and O–H groups in total. The van der Waals surface area contributed by atoms with E-state index in [9.17, 15) is 0 Å². The monoisotopic (exact) mass is 233 g/mol. The highest BCUT2D eigenvalue weighted by Gasteiger charge is 2.30. The molecule has 0 saturated carbocycles. The predicted molar refractivity (Wildman–Crippen MR) is 73.3 cm³/mol. The first kappa shape index (κ1) is 12.3. The van der Waals surface area contributed by atoms with Crippen molar-refractivity contribution < 1.29 is 4.74 Å². The average molecular weight is 233 g/mol. The lowest BCUT2D eigenvalue weighted by Crippen LogP contribution is -2.31. The second-order valence-corrected chi connectivity index (χ2v) is 4.69. The summed E-state index contributed by atoms with van der Waals surface area (Å²) in [7, 11) is 2.19. The molecule has 94 valence electrons. The van der Waals surface area contributed by atoms with E-state index in [4.69, 9.17) is 4.74 Å². The van der Waals surface area contributed by atoms with Gasteiger partial charge in [-0.1, -0.05) is 19.9 Å². The van der Waals surface area contributed by atoms with Crippen LogP contribution in [0.2, 0.25) is 0 Å². The molecule has 3 rings (SSSR count). The van der Waals surface area contributed by atoms with E-state index in [-0.39, 0.29) is 0 Å². The Bertz CT molecular complexity index is 400. The molecule has 2 nitrogen and oxygen atoms in total. The average Bonchev–Trinajstić information content (AvgIpc) is 2.38. The van der Waals surface area contributed by atoms with Gasteiger partial charge in [0.05, 0.1) is 6.61 Å². The molecule has 1 unspecified atom stereocenters. The lowest BCUT2D eigenvalue weighted by Gasteiger charge is -2.38. The molecule has 2 heteroatoms. The topological polar surface area (TPSA) is 12.5 Å². The van der Waals surface area contributed by atoms with Crippen molar-refractivity contribution in [3.8, 4) is 5.75 Å². The van der Waals surface area contributed by atoms with Crippen LogP contribution >= 0.6 is 0 Å². The number of rotatable bonds is 0. The number of anilines is 1. The standard InChI is InChI=1S/C13H17NO.C2H6/c1-9-3-4-11-12-10(6-8-15-11)5-7-14(2)13(9)12;1-2/h3-4,10H,5-8H2,1-2H3;1-2H3. The highest BCUT2D eigenvalue weighted by atomic mass is 16.5. The van der Waals surface area contributed by atoms with E-state index in [0.29, 0.717) is 0 Å². The van der Waals surface area contributed by atoms with Crippen LogP contribution in [0.15, 0.2) is 12.1 Å². The summed E-state index contributed by atoms with van der Waals surface area (Å²) in [5.41, 5.74) is 4.27. The summed E-state index contributed by atoms with van der Waals surface area (Å²) < 4.78 is 5.75. The molecule has 0 saturated heterocycles. The first-order valence-electron chi connectivity index (χ1n) is 6.75. The lowest BCUT2D eigenvalue weighted by atomic mass is 9.84. The highest BCUT2D eigenvalue weighted by Crippen LogP contribution is 2.46. The van der Waals surface area contributed by atoms with Crippen LogP contribution < -0.4 is 9.64 Å². The van der Waals surface area contributed by atoms with Gasteiger partial charge < -0.3 is 9.64 Å². The van der Waals surface area contributed by atoms with Gasteiger partial charge in [-0.15, -0.1) is 0 Å². The Morgan fingerprint density at radius 2 is 2.00 bits per heavy atom. The summed E-state index contributed by atoms with van der Waals surface area (Å²) in [6, 6.07) is 4.32. The number of benzene rings is 1. The molecule has 0 bridgehead atoms. The van der Waals surface area contributed by atoms with Gasteiger partial charge in [0.15, 0.2) is 0 Å². The van der Waals surface area contributed by atoms with Gasteiger partial charge in [-0.25, -0.2) is 0 Å². The third-order valence-corrected chi connectivity index (χ3v) is 3.71. The molecule has 2 aliphatic heterocycles. The highest BCUT2D eigenvalue weighted by molar-refractivity contribution is 5.67. The first-order valence-corrected chi connectivity index (χ1v) is 6.75. The molecule has 1 aromatic rings. The second-order valence-electron chi connectivity index (χ2n) is 4.69. The molecule has 1 atom stereocenters. The molecular formula is C15H23NO. The van der Waals surface area contributed by atoms with Crippen molar-refractivity contribution in [2.75, 3.05) is 25.1 Å². The Morgan fingerprint density at radius 3 is 2.76 bits per heavy atom. The molecule has 1 aromatic carbocycles. The molecule has 0 radical (unpaired) electrons. The van der Waals surface area contributed by atoms with E-state index in [1.807, 2.05) is 13.8 Å². The number of ether oxygens (including phenoxy) is 1. The molecule has 0 spiro atoms. The summed E-state index contributed by atoms with van der Waals surface area (Å²) in [5, 5.41) is 0. The lowest BCUT2D eigenvalue weighted by molar-refractivity contribution is 0.260. The molecule has 0 amide bonds. The summed E-state index contributed by atoms with van der Waals surface area (Å²) in [6.07, 6.45) is 2.47. The minimum absolute atomic E-state index is 0.736. The van der Waals surface area contributed by atoms with Crippen LogP contribution in [0.3, 0.4) is 0 Å². The van der Waals surface area contributed by atoms with Crippen LogP contribution in [0, 0.1) is 6.92 Å². The molecule has 0 aliphatic carbocycles. The van der Waals surface area contributed by atoms with Crippen LogP contribution in [0.5, 0.6) is 5.75 Å². The van der Waals surface area contributed by atoms with E-state index in [0.717, 1.165) is 18.3 Å². The maximum absolute atomic E-state index is 5.75. The van der Waals surface area contributed by atoms with Crippen molar-refractivity contribution in [1.82, 2.24) is 0 Å². The van der Waals surface area contributed by atoms with Gasteiger partial charge in [0.2, 0.25) is 0 Å². The van der Waals surface area contributed by atoms with E-state index in [1.54, 1.807) is 0 Å². The minimum atomic E-state index is 0.736. The fourth-order valence-corrected chi connectivity index (χ4v) is 2.93. The van der Waals surface area contributed by atoms with Gasteiger partial charge in [-0.3, -0.25) is 0 Å². The number of hydrogen-bond donors (Lipinski definition) is 0. The van der Waals surface area contributed by atoms with Crippen molar-refractivity contribution in [2.24, 2.45) is 0 Å². The van der Waals surface area contributed by atoms with E-state index < -0.39 is 0 Å². The number of nitrogens with zero attached hydrogens (tertiary/aromatic N) is 1. The quantitative estimate of drug-likeness (QED) is 0.677. The molecule has 2 heterocycles. The largest absolute Gasteiger partial charge is 0.493 e. The van der Waals surface area contributed by atoms with Crippen molar-refractivity contribution >= 4 is 5.69 Å². The van der Waals surface area contributed by atoms with Crippen LogP contribution in [0.1, 0.15) is 43.7 Å². The Kier molecular flexibility index (Phi) is 3.60. The zero-order valence-corrected chi connectivity index (χ0v) is 11.4. The number of aryl methyl sites for hydroxylation is 1. The number of hydrogen-bond acceptors (Lipinski definition) is 2. The van der Waals surface area contributed by atoms with E-state index in [2.05, 4.69) is 31.0 Å². The van der Waals surface area contributed by atoms with Crippen LogP contribution in [-0.4, -0.2) is 20.2 Å². The normalized spacial score (nSPS) is 20.9. The van der Waals surface area contributed by atoms with Crippen molar-refractivity contribution in [1.29, 1.82) is 0 Å². The van der Waals surface area contributed by atoms with Crippen molar-refractivity contribution in [3.05, 3.63) is 23.3 Å². The smallest absolute Gasteiger partial charge is 0.124 e. The SMILES string of the molecule is CC.Cc1ccc2c3c1N(C)CCC3CCO2. The van der Waals surface area contributed by atoms with Crippen LogP contribution in [0.25, 0.3) is 0 Å². The van der Waals surface area contributed by atoms with E-state index >= 15 is 0 Å². The maximum atomic E-state index is 5.75. The Labute approximate surface area is 105 Å². The van der Waals surface area contributed by atoms with Gasteiger partial charge in [-0.2, -0.15) is 0 Å². The summed E-state index contributed by atoms with van der Waals surface area (Å²) >= 11 is 0. The molecular weight excluding hydrogens is 210 g/mol. The summed E-state index contributed by atoms with van der Waals surface area (Å²) in [5.74, 6) is 1.86. The molecule has 0 fully saturated rings. The zero-order valence-electron chi connectivity index (χ0n) is 11.4. The maximum Gasteiger partial charge on any atom is 0.124 e. The minimum Gasteiger partial charge on any atom is -0.493 e. The van der Waals surface area contributed by atoms with Gasteiger partial charge in [0.25, 0.3) is 0 Å². The van der Waals surface area contributed by atoms with Crippen molar-refractivity contribution in [2.45, 2.75) is 39.5 Å². The fraction of sp³-hybridized carbons (Fsp3) is 0.600. The Morgan fingerprint density at radius 1 is 1.24 bits per heavy atom. The third kappa shape index (κ3) is 2.01. The first-order chi connectivity index (χ1) is 8.27. The molecule has 0 aromatic heterocycles. The predicted octanol–water partition coefficient (Wildman–Crippen LogP) is 3.73. The molecule has 2 aliphatic rings. The Balaban J connectivity index is 0.000000514. The van der Waals surface area contributed by atoms with Crippen LogP contribution in [-0.2, 0) is 0 Å². The third-order valence-electron chi connectivity index (χ3n) is 3.71. The van der Waals surface area contributed by atoms with Gasteiger partial charge >= 0.3 is 0 Å². The summed E-state index contributed by atoms with van der Waals surface area (Å²) in [6.45, 7) is 8.27. The van der Waals surface area contributed by atoms with Crippen molar-refractivity contribution in [3.63, 3.8) is 0 Å². The second kappa shape index (κ2) is 4.99. The van der Waals surface area contributed by atoms with Gasteiger partial charge in [-0.05, 0) is 37.3 Å². The van der Waals surface area contributed by atoms with Gasteiger partial charge in [0, 0.05) is 24.8 Å².